The molecule has 1 aromatic heterocycles. The quantitative estimate of drug-likeness (QED) is 0.484. The summed E-state index contributed by atoms with van der Waals surface area (Å²) in [6.45, 7) is 1.47. The smallest absolute Gasteiger partial charge is 0.348 e. The van der Waals surface area contributed by atoms with E-state index in [9.17, 15) is 18.4 Å². The van der Waals surface area contributed by atoms with Gasteiger partial charge in [0.2, 0.25) is 5.78 Å². The Morgan fingerprint density at radius 3 is 2.52 bits per heavy atom. The van der Waals surface area contributed by atoms with Crippen molar-refractivity contribution in [1.29, 1.82) is 0 Å². The average Bonchev–Trinajstić information content (AvgIpc) is 2.99. The number of aromatic nitrogens is 1. The molecule has 0 radical (unpaired) electrons. The van der Waals surface area contributed by atoms with Crippen LogP contribution in [0.5, 0.6) is 0 Å². The molecular weight excluding hydrogens is 280 g/mol. The Balaban J connectivity index is 2.24. The molecule has 0 aliphatic rings. The van der Waals surface area contributed by atoms with E-state index in [1.807, 2.05) is 0 Å². The Kier molecular flexibility index (Phi) is 4.47. The highest BCUT2D eigenvalue weighted by Gasteiger charge is 2.29. The third kappa shape index (κ3) is 3.16. The van der Waals surface area contributed by atoms with Gasteiger partial charge in [-0.15, -0.1) is 0 Å². The number of carbonyl (C=O) groups is 2. The molecule has 4 nitrogen and oxygen atoms in total. The van der Waals surface area contributed by atoms with E-state index in [1.54, 1.807) is 24.5 Å². The van der Waals surface area contributed by atoms with Crippen LogP contribution >= 0.6 is 0 Å². The van der Waals surface area contributed by atoms with Crippen LogP contribution in [0.4, 0.5) is 8.78 Å². The molecule has 6 heteroatoms. The fourth-order valence-corrected chi connectivity index (χ4v) is 1.83. The number of benzene rings is 1. The lowest BCUT2D eigenvalue weighted by Gasteiger charge is -2.09. The van der Waals surface area contributed by atoms with Gasteiger partial charge in [-0.05, 0) is 37.3 Å². The Morgan fingerprint density at radius 2 is 1.95 bits per heavy atom. The molecule has 0 N–H and O–H groups in total. The van der Waals surface area contributed by atoms with Gasteiger partial charge in [0.1, 0.15) is 5.82 Å². The van der Waals surface area contributed by atoms with E-state index >= 15 is 0 Å². The maximum absolute atomic E-state index is 14.0. The molecule has 1 aromatic carbocycles. The fraction of sp³-hybridized carbons (Fsp3) is 0.200. The summed E-state index contributed by atoms with van der Waals surface area (Å²) in [7, 11) is 0. The SMILES string of the molecule is CCOC(=O)C(F)C(=O)c1ccc(-n2cccc2)c(F)c1. The van der Waals surface area contributed by atoms with Crippen LogP contribution in [0.3, 0.4) is 0 Å². The molecule has 0 saturated heterocycles. The molecule has 2 aromatic rings. The number of ketones is 1. The number of nitrogens with zero attached hydrogens (tertiary/aromatic N) is 1. The summed E-state index contributed by atoms with van der Waals surface area (Å²) in [6, 6.07) is 6.96. The highest BCUT2D eigenvalue weighted by atomic mass is 19.1. The largest absolute Gasteiger partial charge is 0.463 e. The molecule has 1 unspecified atom stereocenters. The summed E-state index contributed by atoms with van der Waals surface area (Å²) >= 11 is 0. The molecule has 0 amide bonds. The van der Waals surface area contributed by atoms with Gasteiger partial charge in [0.15, 0.2) is 0 Å². The minimum atomic E-state index is -2.44. The standard InChI is InChI=1S/C15H13F2NO3/c1-2-21-15(20)13(17)14(19)10-5-6-12(11(16)9-10)18-7-3-4-8-18/h3-9,13H,2H2,1H3. The Labute approximate surface area is 120 Å². The van der Waals surface area contributed by atoms with Crippen LogP contribution in [-0.2, 0) is 9.53 Å². The van der Waals surface area contributed by atoms with Gasteiger partial charge in [-0.1, -0.05) is 0 Å². The first-order valence-electron chi connectivity index (χ1n) is 6.32. The number of esters is 1. The first kappa shape index (κ1) is 14.9. The summed E-state index contributed by atoms with van der Waals surface area (Å²) in [5.41, 5.74) is 0.00653. The number of hydrogen-bond donors (Lipinski definition) is 0. The van der Waals surface area contributed by atoms with Crippen molar-refractivity contribution in [3.05, 3.63) is 54.1 Å². The van der Waals surface area contributed by atoms with Gasteiger partial charge in [-0.25, -0.2) is 13.6 Å². The number of halogens is 2. The highest BCUT2D eigenvalue weighted by molar-refractivity contribution is 6.11. The summed E-state index contributed by atoms with van der Waals surface area (Å²) in [4.78, 5) is 22.9. The third-order valence-electron chi connectivity index (χ3n) is 2.84. The summed E-state index contributed by atoms with van der Waals surface area (Å²) < 4.78 is 33.5. The maximum Gasteiger partial charge on any atom is 0.348 e. The number of ether oxygens (including phenoxy) is 1. The van der Waals surface area contributed by atoms with Crippen molar-refractivity contribution in [1.82, 2.24) is 4.57 Å². The summed E-state index contributed by atoms with van der Waals surface area (Å²) in [5, 5.41) is 0. The highest BCUT2D eigenvalue weighted by Crippen LogP contribution is 2.17. The van der Waals surface area contributed by atoms with Crippen molar-refractivity contribution in [2.24, 2.45) is 0 Å². The zero-order valence-corrected chi connectivity index (χ0v) is 11.3. The zero-order valence-electron chi connectivity index (χ0n) is 11.3. The molecule has 0 spiro atoms. The number of hydrogen-bond acceptors (Lipinski definition) is 3. The van der Waals surface area contributed by atoms with E-state index < -0.39 is 23.7 Å². The second kappa shape index (κ2) is 6.30. The van der Waals surface area contributed by atoms with Crippen LogP contribution in [0.15, 0.2) is 42.7 Å². The molecule has 1 heterocycles. The van der Waals surface area contributed by atoms with Crippen LogP contribution in [0.2, 0.25) is 0 Å². The van der Waals surface area contributed by atoms with Crippen molar-refractivity contribution < 1.29 is 23.1 Å². The first-order chi connectivity index (χ1) is 10.0. The lowest BCUT2D eigenvalue weighted by molar-refractivity contribution is -0.147. The second-order valence-electron chi connectivity index (χ2n) is 4.24. The summed E-state index contributed by atoms with van der Waals surface area (Å²) in [5.74, 6) is -3.07. The predicted molar refractivity (Wildman–Crippen MR) is 71.6 cm³/mol. The number of Topliss-reactive ketones (excluding diaryl/α,β-unsaturated/α-hetero) is 1. The van der Waals surface area contributed by atoms with E-state index in [1.165, 1.54) is 23.6 Å². The topological polar surface area (TPSA) is 48.3 Å². The third-order valence-corrected chi connectivity index (χ3v) is 2.84. The van der Waals surface area contributed by atoms with Crippen LogP contribution in [0.25, 0.3) is 5.69 Å². The van der Waals surface area contributed by atoms with Gasteiger partial charge >= 0.3 is 5.97 Å². The fourth-order valence-electron chi connectivity index (χ4n) is 1.83. The molecule has 1 atom stereocenters. The van der Waals surface area contributed by atoms with Crippen LogP contribution in [0, 0.1) is 5.82 Å². The molecule has 2 rings (SSSR count). The minimum Gasteiger partial charge on any atom is -0.463 e. The van der Waals surface area contributed by atoms with Gasteiger partial charge in [-0.2, -0.15) is 0 Å². The van der Waals surface area contributed by atoms with Gasteiger partial charge in [-0.3, -0.25) is 4.79 Å². The van der Waals surface area contributed by atoms with E-state index in [2.05, 4.69) is 4.74 Å². The Bertz CT molecular complexity index is 653. The van der Waals surface area contributed by atoms with Crippen LogP contribution < -0.4 is 0 Å². The lowest BCUT2D eigenvalue weighted by Crippen LogP contribution is -2.28. The first-order valence-corrected chi connectivity index (χ1v) is 6.32. The Hall–Kier alpha value is -2.50. The average molecular weight is 293 g/mol. The van der Waals surface area contributed by atoms with Crippen molar-refractivity contribution in [2.75, 3.05) is 6.61 Å². The van der Waals surface area contributed by atoms with E-state index in [0.717, 1.165) is 6.07 Å². The van der Waals surface area contributed by atoms with Crippen molar-refractivity contribution in [3.63, 3.8) is 0 Å². The van der Waals surface area contributed by atoms with Gasteiger partial charge in [0.25, 0.3) is 6.17 Å². The zero-order chi connectivity index (χ0) is 15.4. The van der Waals surface area contributed by atoms with Crippen molar-refractivity contribution in [3.8, 4) is 5.69 Å². The van der Waals surface area contributed by atoms with Crippen molar-refractivity contribution in [2.45, 2.75) is 13.1 Å². The molecule has 0 aliphatic carbocycles. The molecule has 21 heavy (non-hydrogen) atoms. The van der Waals surface area contributed by atoms with Crippen molar-refractivity contribution >= 4 is 11.8 Å². The van der Waals surface area contributed by atoms with Gasteiger partial charge < -0.3 is 9.30 Å². The molecule has 110 valence electrons. The monoisotopic (exact) mass is 293 g/mol. The molecule has 0 aliphatic heterocycles. The van der Waals surface area contributed by atoms with Crippen LogP contribution in [-0.4, -0.2) is 29.1 Å². The number of alkyl halides is 1. The van der Waals surface area contributed by atoms with Gasteiger partial charge in [0, 0.05) is 18.0 Å². The van der Waals surface area contributed by atoms with Crippen LogP contribution in [0.1, 0.15) is 17.3 Å². The second-order valence-corrected chi connectivity index (χ2v) is 4.24. The molecular formula is C15H13F2NO3. The number of carbonyl (C=O) groups excluding carboxylic acids is 2. The number of rotatable bonds is 5. The maximum atomic E-state index is 14.0. The molecule has 0 bridgehead atoms. The lowest BCUT2D eigenvalue weighted by atomic mass is 10.1. The minimum absolute atomic E-state index is 0.0343. The van der Waals surface area contributed by atoms with Gasteiger partial charge in [0.05, 0.1) is 12.3 Å². The predicted octanol–water partition coefficient (Wildman–Crippen LogP) is 2.70. The van der Waals surface area contributed by atoms with E-state index in [0.29, 0.717) is 0 Å². The summed E-state index contributed by atoms with van der Waals surface area (Å²) in [6.07, 6.45) is 0.828. The molecule has 0 saturated carbocycles. The molecule has 0 fully saturated rings. The van der Waals surface area contributed by atoms with E-state index in [4.69, 9.17) is 0 Å². The normalized spacial score (nSPS) is 12.0. The Morgan fingerprint density at radius 1 is 1.29 bits per heavy atom. The van der Waals surface area contributed by atoms with E-state index in [-0.39, 0.29) is 17.9 Å².